The summed E-state index contributed by atoms with van der Waals surface area (Å²) in [6.07, 6.45) is 1.70. The van der Waals surface area contributed by atoms with E-state index < -0.39 is 0 Å². The van der Waals surface area contributed by atoms with Gasteiger partial charge in [0.05, 0.1) is 24.0 Å². The number of benzene rings is 1. The van der Waals surface area contributed by atoms with Gasteiger partial charge in [0.2, 0.25) is 5.95 Å². The van der Waals surface area contributed by atoms with E-state index in [2.05, 4.69) is 25.6 Å². The molecule has 0 unspecified atom stereocenters. The molecule has 0 amide bonds. The molecule has 0 aliphatic rings. The Morgan fingerprint density at radius 2 is 1.81 bits per heavy atom. The lowest BCUT2D eigenvalue weighted by molar-refractivity contribution is 0.248. The minimum Gasteiger partial charge on any atom is -0.394 e. The lowest BCUT2D eigenvalue weighted by Crippen LogP contribution is -2.30. The van der Waals surface area contributed by atoms with Crippen molar-refractivity contribution in [2.75, 3.05) is 17.2 Å². The molecule has 3 N–H and O–H groups in total. The number of nitrogens with zero attached hydrogens (tertiary/aromatic N) is 3. The summed E-state index contributed by atoms with van der Waals surface area (Å²) in [6.45, 7) is 3.98. The summed E-state index contributed by atoms with van der Waals surface area (Å²) in [5.74, 6) is 0.823. The maximum atomic E-state index is 13.1. The van der Waals surface area contributed by atoms with Gasteiger partial charge in [-0.1, -0.05) is 19.9 Å². The van der Waals surface area contributed by atoms with Crippen LogP contribution in [-0.4, -0.2) is 32.7 Å². The number of hydrogen-bond donors (Lipinski definition) is 3. The second-order valence-electron chi connectivity index (χ2n) is 6.49. The van der Waals surface area contributed by atoms with Gasteiger partial charge in [-0.15, -0.1) is 0 Å². The van der Waals surface area contributed by atoms with E-state index in [1.54, 1.807) is 24.4 Å². The molecule has 1 aromatic carbocycles. The summed E-state index contributed by atoms with van der Waals surface area (Å²) >= 11 is 0. The van der Waals surface area contributed by atoms with Crippen LogP contribution < -0.4 is 10.6 Å². The third kappa shape index (κ3) is 4.98. The number of rotatable bonds is 7. The first-order valence-corrected chi connectivity index (χ1v) is 8.75. The zero-order chi connectivity index (χ0) is 19.2. The first kappa shape index (κ1) is 18.7. The fourth-order valence-corrected chi connectivity index (χ4v) is 2.49. The summed E-state index contributed by atoms with van der Waals surface area (Å²) in [5, 5.41) is 15.9. The van der Waals surface area contributed by atoms with Crippen molar-refractivity contribution in [2.45, 2.75) is 19.9 Å². The predicted octanol–water partition coefficient (Wildman–Crippen LogP) is 3.85. The molecule has 0 bridgehead atoms. The normalized spacial score (nSPS) is 12.0. The number of halogens is 1. The van der Waals surface area contributed by atoms with Crippen LogP contribution in [0.2, 0.25) is 0 Å². The molecule has 0 saturated heterocycles. The van der Waals surface area contributed by atoms with Gasteiger partial charge in [0.1, 0.15) is 11.6 Å². The van der Waals surface area contributed by atoms with Crippen molar-refractivity contribution >= 4 is 17.5 Å². The Morgan fingerprint density at radius 1 is 1.04 bits per heavy atom. The van der Waals surface area contributed by atoms with Crippen LogP contribution in [0.25, 0.3) is 11.4 Å². The Hall–Kier alpha value is -3.06. The number of anilines is 3. The largest absolute Gasteiger partial charge is 0.394 e. The first-order chi connectivity index (χ1) is 13.0. The van der Waals surface area contributed by atoms with Crippen LogP contribution >= 0.6 is 0 Å². The van der Waals surface area contributed by atoms with Gasteiger partial charge in [-0.3, -0.25) is 4.98 Å². The lowest BCUT2D eigenvalue weighted by atomic mass is 10.1. The molecule has 0 fully saturated rings. The highest BCUT2D eigenvalue weighted by Gasteiger charge is 2.15. The van der Waals surface area contributed by atoms with E-state index in [0.717, 1.165) is 0 Å². The average molecular weight is 367 g/mol. The summed E-state index contributed by atoms with van der Waals surface area (Å²) < 4.78 is 13.1. The SMILES string of the molecule is CC(C)[C@H](CO)Nc1nc(Nc2ccc(F)cc2)cc(-c2ccccn2)n1. The van der Waals surface area contributed by atoms with Gasteiger partial charge >= 0.3 is 0 Å². The molecule has 2 heterocycles. The van der Waals surface area contributed by atoms with Crippen LogP contribution in [0.4, 0.5) is 21.8 Å². The third-order valence-electron chi connectivity index (χ3n) is 4.09. The maximum absolute atomic E-state index is 13.1. The second-order valence-corrected chi connectivity index (χ2v) is 6.49. The second kappa shape index (κ2) is 8.55. The Morgan fingerprint density at radius 3 is 2.44 bits per heavy atom. The molecular weight excluding hydrogens is 345 g/mol. The van der Waals surface area contributed by atoms with E-state index in [1.165, 1.54) is 12.1 Å². The van der Waals surface area contributed by atoms with Gasteiger partial charge < -0.3 is 15.7 Å². The van der Waals surface area contributed by atoms with Gasteiger partial charge in [0.15, 0.2) is 0 Å². The Bertz CT molecular complexity index is 871. The van der Waals surface area contributed by atoms with Crippen LogP contribution in [0, 0.1) is 11.7 Å². The quantitative estimate of drug-likeness (QED) is 0.588. The fraction of sp³-hybridized carbons (Fsp3) is 0.250. The Kier molecular flexibility index (Phi) is 5.93. The molecule has 2 aromatic heterocycles. The van der Waals surface area contributed by atoms with Crippen molar-refractivity contribution in [3.05, 3.63) is 60.5 Å². The minimum absolute atomic E-state index is 0.0322. The van der Waals surface area contributed by atoms with Crippen LogP contribution in [0.5, 0.6) is 0 Å². The topological polar surface area (TPSA) is 83.0 Å². The van der Waals surface area contributed by atoms with Crippen molar-refractivity contribution in [2.24, 2.45) is 5.92 Å². The number of aliphatic hydroxyl groups is 1. The van der Waals surface area contributed by atoms with E-state index in [-0.39, 0.29) is 24.4 Å². The zero-order valence-electron chi connectivity index (χ0n) is 15.2. The van der Waals surface area contributed by atoms with Gasteiger partial charge in [-0.2, -0.15) is 4.98 Å². The molecule has 0 aliphatic carbocycles. The summed E-state index contributed by atoms with van der Waals surface area (Å²) in [5.41, 5.74) is 2.05. The highest BCUT2D eigenvalue weighted by Crippen LogP contribution is 2.23. The standard InChI is InChI=1S/C20H22FN5O/c1-13(2)18(12-27)25-20-24-17(16-5-3-4-10-22-16)11-19(26-20)23-15-8-6-14(21)7-9-15/h3-11,13,18,27H,12H2,1-2H3,(H2,23,24,25,26)/t18-/m0/s1. The average Bonchev–Trinajstić information content (AvgIpc) is 2.68. The number of nitrogens with one attached hydrogen (secondary N) is 2. The zero-order valence-corrected chi connectivity index (χ0v) is 15.2. The molecule has 27 heavy (non-hydrogen) atoms. The highest BCUT2D eigenvalue weighted by molar-refractivity contribution is 5.65. The van der Waals surface area contributed by atoms with Crippen molar-refractivity contribution in [1.29, 1.82) is 0 Å². The van der Waals surface area contributed by atoms with E-state index in [0.29, 0.717) is 28.8 Å². The van der Waals surface area contributed by atoms with Crippen molar-refractivity contribution < 1.29 is 9.50 Å². The predicted molar refractivity (Wildman–Crippen MR) is 104 cm³/mol. The molecular formula is C20H22FN5O. The number of pyridine rings is 1. The van der Waals surface area contributed by atoms with Crippen LogP contribution in [0.1, 0.15) is 13.8 Å². The van der Waals surface area contributed by atoms with E-state index >= 15 is 0 Å². The lowest BCUT2D eigenvalue weighted by Gasteiger charge is -2.20. The molecule has 3 rings (SSSR count). The number of aromatic nitrogens is 3. The minimum atomic E-state index is -0.303. The van der Waals surface area contributed by atoms with Gasteiger partial charge in [0, 0.05) is 18.0 Å². The van der Waals surface area contributed by atoms with Crippen molar-refractivity contribution in [3.63, 3.8) is 0 Å². The smallest absolute Gasteiger partial charge is 0.225 e. The monoisotopic (exact) mass is 367 g/mol. The summed E-state index contributed by atoms with van der Waals surface area (Å²) in [7, 11) is 0. The molecule has 0 spiro atoms. The third-order valence-corrected chi connectivity index (χ3v) is 4.09. The molecule has 6 nitrogen and oxygen atoms in total. The molecule has 1 atom stereocenters. The first-order valence-electron chi connectivity index (χ1n) is 8.75. The molecule has 0 radical (unpaired) electrons. The number of hydrogen-bond acceptors (Lipinski definition) is 6. The van der Waals surface area contributed by atoms with Gasteiger partial charge in [-0.25, -0.2) is 9.37 Å². The molecule has 3 aromatic rings. The van der Waals surface area contributed by atoms with E-state index in [1.807, 2.05) is 32.0 Å². The van der Waals surface area contributed by atoms with Crippen molar-refractivity contribution in [1.82, 2.24) is 15.0 Å². The Labute approximate surface area is 157 Å². The van der Waals surface area contributed by atoms with Crippen LogP contribution in [0.3, 0.4) is 0 Å². The summed E-state index contributed by atoms with van der Waals surface area (Å²) in [6, 6.07) is 13.2. The molecule has 0 saturated carbocycles. The number of aliphatic hydroxyl groups excluding tert-OH is 1. The molecule has 0 aliphatic heterocycles. The van der Waals surface area contributed by atoms with Crippen LogP contribution in [0.15, 0.2) is 54.7 Å². The van der Waals surface area contributed by atoms with Crippen molar-refractivity contribution in [3.8, 4) is 11.4 Å². The highest BCUT2D eigenvalue weighted by atomic mass is 19.1. The fourth-order valence-electron chi connectivity index (χ4n) is 2.49. The van der Waals surface area contributed by atoms with E-state index in [9.17, 15) is 9.50 Å². The van der Waals surface area contributed by atoms with Gasteiger partial charge in [-0.05, 0) is 42.3 Å². The van der Waals surface area contributed by atoms with Crippen LogP contribution in [-0.2, 0) is 0 Å². The van der Waals surface area contributed by atoms with Gasteiger partial charge in [0.25, 0.3) is 0 Å². The van der Waals surface area contributed by atoms with E-state index in [4.69, 9.17) is 0 Å². The Balaban J connectivity index is 1.96. The summed E-state index contributed by atoms with van der Waals surface area (Å²) in [4.78, 5) is 13.4. The molecule has 7 heteroatoms. The maximum Gasteiger partial charge on any atom is 0.225 e. The molecule has 140 valence electrons.